The van der Waals surface area contributed by atoms with Gasteiger partial charge in [0, 0.05) is 5.56 Å². The van der Waals surface area contributed by atoms with Gasteiger partial charge in [0.2, 0.25) is 0 Å². The second-order valence-electron chi connectivity index (χ2n) is 6.12. The third-order valence-corrected chi connectivity index (χ3v) is 6.63. The van der Waals surface area contributed by atoms with Crippen molar-refractivity contribution >= 4 is 16.7 Å². The van der Waals surface area contributed by atoms with Crippen molar-refractivity contribution in [1.82, 2.24) is 0 Å². The first-order valence-electron chi connectivity index (χ1n) is 8.88. The molecule has 130 valence electrons. The molecule has 4 rings (SSSR count). The number of ketones is 1. The summed E-state index contributed by atoms with van der Waals surface area (Å²) < 4.78 is 0. The number of hydrogen-bond donors (Lipinski definition) is 0. The van der Waals surface area contributed by atoms with Crippen LogP contribution in [0.15, 0.2) is 130 Å². The molecule has 0 unspecified atom stereocenters. The Bertz CT molecular complexity index is 988. The zero-order valence-electron chi connectivity index (χ0n) is 14.8. The lowest BCUT2D eigenvalue weighted by Gasteiger charge is -2.11. The van der Waals surface area contributed by atoms with Crippen molar-refractivity contribution in [2.45, 2.75) is 14.7 Å². The summed E-state index contributed by atoms with van der Waals surface area (Å²) in [5.41, 5.74) is 1.48. The molecule has 0 atom stereocenters. The van der Waals surface area contributed by atoms with Crippen LogP contribution < -0.4 is 0 Å². The largest absolute Gasteiger partial charge is 0.288 e. The Labute approximate surface area is 162 Å². The third kappa shape index (κ3) is 3.71. The summed E-state index contributed by atoms with van der Waals surface area (Å²) in [6.45, 7) is 0. The molecule has 0 aliphatic rings. The minimum Gasteiger partial charge on any atom is -0.288 e. The highest BCUT2D eigenvalue weighted by Crippen LogP contribution is 2.33. The Hall–Kier alpha value is -3.10. The molecule has 1 nitrogen and oxygen atoms in total. The molecule has 0 N–H and O–H groups in total. The second-order valence-corrected chi connectivity index (χ2v) is 8.12. The molecule has 4 aromatic carbocycles. The molecule has 0 aliphatic heterocycles. The van der Waals surface area contributed by atoms with Crippen molar-refractivity contribution in [2.75, 3.05) is 0 Å². The minimum atomic E-state index is -0.341. The molecule has 0 saturated heterocycles. The molecular weight excluding hydrogens is 348 g/mol. The molecule has 27 heavy (non-hydrogen) atoms. The third-order valence-electron chi connectivity index (χ3n) is 4.35. The van der Waals surface area contributed by atoms with E-state index in [4.69, 9.17) is 0 Å². The van der Waals surface area contributed by atoms with E-state index in [1.807, 2.05) is 60.7 Å². The van der Waals surface area contributed by atoms with Gasteiger partial charge in [0.1, 0.15) is 10.9 Å². The number of carbonyl (C=O) groups is 1. The maximum absolute atomic E-state index is 13.2. The quantitative estimate of drug-likeness (QED) is 0.312. The average molecular weight is 367 g/mol. The van der Waals surface area contributed by atoms with Crippen molar-refractivity contribution in [3.8, 4) is 0 Å². The summed E-state index contributed by atoms with van der Waals surface area (Å²) in [7, 11) is -0.341. The predicted octanol–water partition coefficient (Wildman–Crippen LogP) is 6.01. The number of rotatable bonds is 5. The van der Waals surface area contributed by atoms with Gasteiger partial charge in [-0.05, 0) is 36.4 Å². The Morgan fingerprint density at radius 3 is 1.52 bits per heavy atom. The van der Waals surface area contributed by atoms with Gasteiger partial charge in [-0.25, -0.2) is 0 Å². The normalized spacial score (nSPS) is 10.7. The molecule has 2 heteroatoms. The summed E-state index contributed by atoms with van der Waals surface area (Å²) >= 11 is 0. The van der Waals surface area contributed by atoms with E-state index < -0.39 is 0 Å². The highest BCUT2D eigenvalue weighted by atomic mass is 32.2. The molecule has 0 saturated carbocycles. The van der Waals surface area contributed by atoms with Gasteiger partial charge in [0.25, 0.3) is 0 Å². The first-order chi connectivity index (χ1) is 13.3. The topological polar surface area (TPSA) is 17.1 Å². The summed E-state index contributed by atoms with van der Waals surface area (Å²) in [6, 6.07) is 38.3. The first kappa shape index (κ1) is 17.3. The van der Waals surface area contributed by atoms with E-state index in [0.29, 0.717) is 0 Å². The van der Waals surface area contributed by atoms with Crippen LogP contribution in [-0.2, 0) is 10.9 Å². The minimum absolute atomic E-state index is 0.0653. The van der Waals surface area contributed by atoms with Crippen molar-refractivity contribution in [1.29, 1.82) is 0 Å². The van der Waals surface area contributed by atoms with Crippen molar-refractivity contribution in [3.05, 3.63) is 126 Å². The lowest BCUT2D eigenvalue weighted by molar-refractivity contribution is 0.103. The van der Waals surface area contributed by atoms with Crippen molar-refractivity contribution in [2.24, 2.45) is 0 Å². The molecule has 0 spiro atoms. The SMILES string of the molecule is O=C(c1ccccc1)c1ccccc1[S+](c1ccccc1)c1ccccc1. The van der Waals surface area contributed by atoms with Gasteiger partial charge >= 0.3 is 0 Å². The highest BCUT2D eigenvalue weighted by molar-refractivity contribution is 7.97. The first-order valence-corrected chi connectivity index (χ1v) is 10.1. The van der Waals surface area contributed by atoms with Crippen LogP contribution in [0.4, 0.5) is 0 Å². The summed E-state index contributed by atoms with van der Waals surface area (Å²) in [4.78, 5) is 16.7. The maximum atomic E-state index is 13.2. The molecule has 0 bridgehead atoms. The van der Waals surface area contributed by atoms with E-state index in [9.17, 15) is 4.79 Å². The monoisotopic (exact) mass is 367 g/mol. The van der Waals surface area contributed by atoms with E-state index in [2.05, 4.69) is 54.6 Å². The second kappa shape index (κ2) is 8.07. The molecule has 4 aromatic rings. The van der Waals surface area contributed by atoms with Crippen molar-refractivity contribution < 1.29 is 4.79 Å². The van der Waals surface area contributed by atoms with E-state index >= 15 is 0 Å². The highest BCUT2D eigenvalue weighted by Gasteiger charge is 2.32. The van der Waals surface area contributed by atoms with Gasteiger partial charge in [-0.1, -0.05) is 78.9 Å². The van der Waals surface area contributed by atoms with Crippen LogP contribution in [-0.4, -0.2) is 5.78 Å². The standard InChI is InChI=1S/C25H19OS/c26-25(20-12-4-1-5-13-20)23-18-10-11-19-24(23)27(21-14-6-2-7-15-21)22-16-8-3-9-17-22/h1-19H/q+1. The average Bonchev–Trinajstić information content (AvgIpc) is 2.76. The Kier molecular flexibility index (Phi) is 5.17. The smallest absolute Gasteiger partial charge is 0.198 e. The molecule has 0 amide bonds. The van der Waals surface area contributed by atoms with Gasteiger partial charge in [0.05, 0.1) is 5.56 Å². The van der Waals surface area contributed by atoms with Gasteiger partial charge < -0.3 is 0 Å². The fourth-order valence-corrected chi connectivity index (χ4v) is 5.31. The lowest BCUT2D eigenvalue weighted by atomic mass is 10.0. The summed E-state index contributed by atoms with van der Waals surface area (Å²) in [6.07, 6.45) is 0. The van der Waals surface area contributed by atoms with Gasteiger partial charge in [-0.15, -0.1) is 0 Å². The van der Waals surface area contributed by atoms with Crippen LogP contribution in [0.3, 0.4) is 0 Å². The van der Waals surface area contributed by atoms with Crippen LogP contribution in [0, 0.1) is 0 Å². The van der Waals surface area contributed by atoms with Crippen LogP contribution in [0.1, 0.15) is 15.9 Å². The van der Waals surface area contributed by atoms with Gasteiger partial charge in [-0.2, -0.15) is 0 Å². The predicted molar refractivity (Wildman–Crippen MR) is 111 cm³/mol. The van der Waals surface area contributed by atoms with Crippen LogP contribution in [0.2, 0.25) is 0 Å². The molecule has 0 fully saturated rings. The van der Waals surface area contributed by atoms with E-state index in [-0.39, 0.29) is 16.7 Å². The maximum Gasteiger partial charge on any atom is 0.198 e. The van der Waals surface area contributed by atoms with Gasteiger partial charge in [0.15, 0.2) is 20.5 Å². The van der Waals surface area contributed by atoms with E-state index in [1.54, 1.807) is 0 Å². The van der Waals surface area contributed by atoms with Crippen LogP contribution in [0.25, 0.3) is 0 Å². The Balaban J connectivity index is 1.88. The fourth-order valence-electron chi connectivity index (χ4n) is 3.08. The van der Waals surface area contributed by atoms with Crippen LogP contribution >= 0.6 is 0 Å². The molecule has 0 heterocycles. The Morgan fingerprint density at radius 1 is 0.519 bits per heavy atom. The number of hydrogen-bond acceptors (Lipinski definition) is 1. The van der Waals surface area contributed by atoms with Gasteiger partial charge in [-0.3, -0.25) is 4.79 Å². The summed E-state index contributed by atoms with van der Waals surface area (Å²) in [5, 5.41) is 0. The Morgan fingerprint density at radius 2 is 0.963 bits per heavy atom. The van der Waals surface area contributed by atoms with Crippen LogP contribution in [0.5, 0.6) is 0 Å². The number of carbonyl (C=O) groups excluding carboxylic acids is 1. The van der Waals surface area contributed by atoms with Crippen molar-refractivity contribution in [3.63, 3.8) is 0 Å². The molecule has 0 aliphatic carbocycles. The zero-order valence-corrected chi connectivity index (χ0v) is 15.6. The van der Waals surface area contributed by atoms with E-state index in [1.165, 1.54) is 9.79 Å². The summed E-state index contributed by atoms with van der Waals surface area (Å²) in [5.74, 6) is 0.0653. The molecule has 0 aromatic heterocycles. The fraction of sp³-hybridized carbons (Fsp3) is 0. The van der Waals surface area contributed by atoms with E-state index in [0.717, 1.165) is 16.0 Å². The molecule has 0 radical (unpaired) electrons. The zero-order chi connectivity index (χ0) is 18.5. The number of benzene rings is 4. The lowest BCUT2D eigenvalue weighted by Crippen LogP contribution is -2.12. The molecular formula is C25H19OS+.